The summed E-state index contributed by atoms with van der Waals surface area (Å²) in [5.74, 6) is 0. The molecule has 0 radical (unpaired) electrons. The molecule has 0 saturated carbocycles. The van der Waals surface area contributed by atoms with Crippen molar-refractivity contribution in [1.29, 1.82) is 0 Å². The highest BCUT2D eigenvalue weighted by Crippen LogP contribution is 2.34. The van der Waals surface area contributed by atoms with E-state index < -0.39 is 0 Å². The van der Waals surface area contributed by atoms with Crippen molar-refractivity contribution in [2.45, 2.75) is 0 Å². The van der Waals surface area contributed by atoms with Crippen LogP contribution in [0.4, 0.5) is 0 Å². The van der Waals surface area contributed by atoms with Gasteiger partial charge in [-0.1, -0.05) is 60.7 Å². The van der Waals surface area contributed by atoms with Gasteiger partial charge in [-0.3, -0.25) is 0 Å². The average Bonchev–Trinajstić information content (AvgIpc) is 3.03. The largest absolute Gasteiger partial charge is 0.144 e. The molecule has 1 heterocycles. The number of thiophene rings is 1. The van der Waals surface area contributed by atoms with Gasteiger partial charge >= 0.3 is 0 Å². The molecule has 21 heavy (non-hydrogen) atoms. The molecule has 0 N–H and O–H groups in total. The maximum atomic E-state index is 2.29. The van der Waals surface area contributed by atoms with Crippen molar-refractivity contribution < 1.29 is 0 Å². The summed E-state index contributed by atoms with van der Waals surface area (Å²) < 4.78 is 1.34. The van der Waals surface area contributed by atoms with Crippen molar-refractivity contribution in [2.75, 3.05) is 0 Å². The molecule has 1 aromatic heterocycles. The molecule has 0 aliphatic carbocycles. The van der Waals surface area contributed by atoms with Crippen LogP contribution in [0.3, 0.4) is 0 Å². The van der Waals surface area contributed by atoms with Crippen molar-refractivity contribution >= 4 is 21.4 Å². The number of benzene rings is 3. The minimum absolute atomic E-state index is 1.26. The van der Waals surface area contributed by atoms with Gasteiger partial charge in [0.05, 0.1) is 0 Å². The number of fused-ring (bicyclic) bond motifs is 1. The summed E-state index contributed by atoms with van der Waals surface area (Å²) in [5.41, 5.74) is 5.11. The van der Waals surface area contributed by atoms with Crippen molar-refractivity contribution in [1.82, 2.24) is 0 Å². The fraction of sp³-hybridized carbons (Fsp3) is 0. The lowest BCUT2D eigenvalue weighted by Crippen LogP contribution is -1.84. The predicted octanol–water partition coefficient (Wildman–Crippen LogP) is 6.24. The van der Waals surface area contributed by atoms with Crippen LogP contribution in [0.5, 0.6) is 0 Å². The topological polar surface area (TPSA) is 0 Å². The van der Waals surface area contributed by atoms with Gasteiger partial charge in [-0.05, 0) is 51.2 Å². The maximum Gasteiger partial charge on any atom is 0.0343 e. The standard InChI is InChI=1S/C20H14S/c1-2-6-15(7-3-1)18-8-4-5-9-19(18)16-10-11-20-17(14-16)12-13-21-20/h1-14H. The van der Waals surface area contributed by atoms with E-state index in [0.717, 1.165) is 0 Å². The monoisotopic (exact) mass is 286 g/mol. The molecule has 3 aromatic carbocycles. The van der Waals surface area contributed by atoms with E-state index in [2.05, 4.69) is 84.2 Å². The normalized spacial score (nSPS) is 10.9. The summed E-state index contributed by atoms with van der Waals surface area (Å²) in [6.07, 6.45) is 0. The summed E-state index contributed by atoms with van der Waals surface area (Å²) in [6, 6.07) is 28.1. The zero-order valence-electron chi connectivity index (χ0n) is 11.5. The summed E-state index contributed by atoms with van der Waals surface area (Å²) in [4.78, 5) is 0. The molecule has 1 heteroatoms. The Hall–Kier alpha value is -2.38. The van der Waals surface area contributed by atoms with Crippen LogP contribution >= 0.6 is 11.3 Å². The molecule has 4 rings (SSSR count). The van der Waals surface area contributed by atoms with Crippen LogP contribution in [0.15, 0.2) is 84.2 Å². The number of rotatable bonds is 2. The molecule has 0 aliphatic heterocycles. The Bertz CT molecular complexity index is 888. The molecule has 4 aromatic rings. The Balaban J connectivity index is 1.92. The van der Waals surface area contributed by atoms with Crippen LogP contribution in [0, 0.1) is 0 Å². The highest BCUT2D eigenvalue weighted by molar-refractivity contribution is 7.17. The number of hydrogen-bond acceptors (Lipinski definition) is 1. The minimum atomic E-state index is 1.26. The first-order valence-corrected chi connectivity index (χ1v) is 7.92. The third-order valence-corrected chi connectivity index (χ3v) is 4.67. The third-order valence-electron chi connectivity index (χ3n) is 3.78. The van der Waals surface area contributed by atoms with E-state index in [1.54, 1.807) is 11.3 Å². The number of hydrogen-bond donors (Lipinski definition) is 0. The lowest BCUT2D eigenvalue weighted by atomic mass is 9.94. The van der Waals surface area contributed by atoms with Crippen molar-refractivity contribution in [3.63, 3.8) is 0 Å². The zero-order valence-corrected chi connectivity index (χ0v) is 12.3. The van der Waals surface area contributed by atoms with E-state index in [4.69, 9.17) is 0 Å². The molecule has 0 aliphatic rings. The molecular weight excluding hydrogens is 272 g/mol. The first-order chi connectivity index (χ1) is 10.4. The van der Waals surface area contributed by atoms with E-state index in [1.807, 2.05) is 0 Å². The van der Waals surface area contributed by atoms with Crippen LogP contribution in [0.25, 0.3) is 32.3 Å². The maximum absolute atomic E-state index is 2.29. The van der Waals surface area contributed by atoms with Crippen molar-refractivity contribution in [3.8, 4) is 22.3 Å². The van der Waals surface area contributed by atoms with Gasteiger partial charge in [-0.2, -0.15) is 0 Å². The van der Waals surface area contributed by atoms with Crippen molar-refractivity contribution in [3.05, 3.63) is 84.2 Å². The first-order valence-electron chi connectivity index (χ1n) is 7.04. The van der Waals surface area contributed by atoms with Gasteiger partial charge in [0.25, 0.3) is 0 Å². The molecule has 0 spiro atoms. The predicted molar refractivity (Wildman–Crippen MR) is 92.7 cm³/mol. The minimum Gasteiger partial charge on any atom is -0.144 e. The van der Waals surface area contributed by atoms with Gasteiger partial charge in [-0.25, -0.2) is 0 Å². The van der Waals surface area contributed by atoms with Crippen LogP contribution < -0.4 is 0 Å². The van der Waals surface area contributed by atoms with E-state index in [-0.39, 0.29) is 0 Å². The third kappa shape index (κ3) is 2.26. The van der Waals surface area contributed by atoms with Crippen LogP contribution in [-0.4, -0.2) is 0 Å². The second-order valence-electron chi connectivity index (χ2n) is 5.08. The van der Waals surface area contributed by atoms with Crippen LogP contribution in [0.2, 0.25) is 0 Å². The Labute approximate surface area is 128 Å². The summed E-state index contributed by atoms with van der Waals surface area (Å²) in [7, 11) is 0. The highest BCUT2D eigenvalue weighted by atomic mass is 32.1. The van der Waals surface area contributed by atoms with Gasteiger partial charge in [0.1, 0.15) is 0 Å². The average molecular weight is 286 g/mol. The highest BCUT2D eigenvalue weighted by Gasteiger charge is 2.07. The molecule has 0 fully saturated rings. The van der Waals surface area contributed by atoms with Gasteiger partial charge < -0.3 is 0 Å². The van der Waals surface area contributed by atoms with Gasteiger partial charge in [0.15, 0.2) is 0 Å². The Kier molecular flexibility index (Phi) is 3.06. The molecule has 100 valence electrons. The molecule has 0 atom stereocenters. The summed E-state index contributed by atoms with van der Waals surface area (Å²) in [5, 5.41) is 3.47. The lowest BCUT2D eigenvalue weighted by molar-refractivity contribution is 1.60. The fourth-order valence-corrected chi connectivity index (χ4v) is 3.51. The fourth-order valence-electron chi connectivity index (χ4n) is 2.74. The first kappa shape index (κ1) is 12.4. The second kappa shape index (κ2) is 5.19. The van der Waals surface area contributed by atoms with E-state index in [1.165, 1.54) is 32.3 Å². The summed E-state index contributed by atoms with van der Waals surface area (Å²) >= 11 is 1.79. The van der Waals surface area contributed by atoms with Gasteiger partial charge in [-0.15, -0.1) is 11.3 Å². The van der Waals surface area contributed by atoms with Crippen molar-refractivity contribution in [2.24, 2.45) is 0 Å². The smallest absolute Gasteiger partial charge is 0.0343 e. The van der Waals surface area contributed by atoms with E-state index in [9.17, 15) is 0 Å². The molecular formula is C20H14S. The van der Waals surface area contributed by atoms with E-state index >= 15 is 0 Å². The molecule has 0 bridgehead atoms. The Morgan fingerprint density at radius 2 is 1.29 bits per heavy atom. The second-order valence-corrected chi connectivity index (χ2v) is 6.03. The van der Waals surface area contributed by atoms with Crippen LogP contribution in [0.1, 0.15) is 0 Å². The Morgan fingerprint density at radius 1 is 0.571 bits per heavy atom. The SMILES string of the molecule is c1ccc(-c2ccccc2-c2ccc3sccc3c2)cc1. The van der Waals surface area contributed by atoms with Crippen LogP contribution in [-0.2, 0) is 0 Å². The molecule has 0 unspecified atom stereocenters. The molecule has 0 nitrogen and oxygen atoms in total. The molecule has 0 saturated heterocycles. The Morgan fingerprint density at radius 3 is 2.10 bits per heavy atom. The quantitative estimate of drug-likeness (QED) is 0.409. The van der Waals surface area contributed by atoms with E-state index in [0.29, 0.717) is 0 Å². The van der Waals surface area contributed by atoms with Gasteiger partial charge in [0, 0.05) is 4.70 Å². The zero-order chi connectivity index (χ0) is 14.1. The summed E-state index contributed by atoms with van der Waals surface area (Å²) in [6.45, 7) is 0. The molecule has 0 amide bonds. The van der Waals surface area contributed by atoms with Gasteiger partial charge in [0.2, 0.25) is 0 Å². The lowest BCUT2D eigenvalue weighted by Gasteiger charge is -2.10.